The molecule has 1 aromatic rings. The molecule has 0 fully saturated rings. The van der Waals surface area contributed by atoms with E-state index in [9.17, 15) is 9.90 Å². The number of phenols is 1. The maximum atomic E-state index is 11.0. The predicted molar refractivity (Wildman–Crippen MR) is 63.0 cm³/mol. The summed E-state index contributed by atoms with van der Waals surface area (Å²) in [7, 11) is 1.42. The molecule has 0 saturated carbocycles. The van der Waals surface area contributed by atoms with Crippen LogP contribution < -0.4 is 4.74 Å². The van der Waals surface area contributed by atoms with E-state index in [1.165, 1.54) is 31.6 Å². The van der Waals surface area contributed by atoms with Crippen molar-refractivity contribution in [1.29, 1.82) is 0 Å². The molecule has 0 radical (unpaired) electrons. The number of phenolic OH excluding ortho intramolecular Hbond substituents is 1. The van der Waals surface area contributed by atoms with Crippen molar-refractivity contribution in [3.8, 4) is 11.5 Å². The van der Waals surface area contributed by atoms with Crippen molar-refractivity contribution in [2.24, 2.45) is 0 Å². The van der Waals surface area contributed by atoms with Gasteiger partial charge in [-0.2, -0.15) is 0 Å². The SMILES string of the molecule is COc1cc(C2=C(C(=O)O)OC=C=C2)ccc1O. The Balaban J connectivity index is 2.56. The average Bonchev–Trinajstić information content (AvgIpc) is 2.39. The number of methoxy groups -OCH3 is 1. The summed E-state index contributed by atoms with van der Waals surface area (Å²) in [5, 5.41) is 18.5. The lowest BCUT2D eigenvalue weighted by molar-refractivity contribution is -0.135. The van der Waals surface area contributed by atoms with Crippen molar-refractivity contribution in [3.63, 3.8) is 0 Å². The molecule has 18 heavy (non-hydrogen) atoms. The van der Waals surface area contributed by atoms with E-state index in [1.54, 1.807) is 6.07 Å². The van der Waals surface area contributed by atoms with Gasteiger partial charge in [0.2, 0.25) is 5.76 Å². The predicted octanol–water partition coefficient (Wildman–Crippen LogP) is 1.90. The number of aliphatic carboxylic acids is 1. The van der Waals surface area contributed by atoms with Gasteiger partial charge in [-0.05, 0) is 23.8 Å². The topological polar surface area (TPSA) is 76.0 Å². The Labute approximate surface area is 103 Å². The molecule has 0 spiro atoms. The number of carboxylic acids is 1. The summed E-state index contributed by atoms with van der Waals surface area (Å²) < 4.78 is 9.89. The first-order valence-corrected chi connectivity index (χ1v) is 5.06. The van der Waals surface area contributed by atoms with E-state index in [-0.39, 0.29) is 17.3 Å². The summed E-state index contributed by atoms with van der Waals surface area (Å²) in [6.45, 7) is 0. The van der Waals surface area contributed by atoms with E-state index < -0.39 is 5.97 Å². The number of rotatable bonds is 3. The third-order valence-electron chi connectivity index (χ3n) is 2.40. The minimum atomic E-state index is -1.17. The molecule has 1 heterocycles. The Kier molecular flexibility index (Phi) is 3.08. The molecule has 0 saturated heterocycles. The van der Waals surface area contributed by atoms with Crippen LogP contribution in [0.15, 0.2) is 42.0 Å². The minimum absolute atomic E-state index is 0.0185. The first kappa shape index (κ1) is 11.8. The maximum absolute atomic E-state index is 11.0. The smallest absolute Gasteiger partial charge is 0.372 e. The van der Waals surface area contributed by atoms with E-state index in [0.29, 0.717) is 11.1 Å². The number of aromatic hydroxyl groups is 1. The Morgan fingerprint density at radius 2 is 2.22 bits per heavy atom. The van der Waals surface area contributed by atoms with Crippen LogP contribution in [0.1, 0.15) is 5.56 Å². The van der Waals surface area contributed by atoms with Crippen molar-refractivity contribution in [1.82, 2.24) is 0 Å². The first-order valence-electron chi connectivity index (χ1n) is 5.06. The number of hydrogen-bond donors (Lipinski definition) is 2. The van der Waals surface area contributed by atoms with Gasteiger partial charge in [0.05, 0.1) is 7.11 Å². The molecule has 0 amide bonds. The zero-order chi connectivity index (χ0) is 13.1. The molecule has 1 aliphatic heterocycles. The van der Waals surface area contributed by atoms with E-state index in [0.717, 1.165) is 0 Å². The molecule has 0 unspecified atom stereocenters. The second kappa shape index (κ2) is 4.69. The third-order valence-corrected chi connectivity index (χ3v) is 2.40. The third kappa shape index (κ3) is 2.07. The van der Waals surface area contributed by atoms with Gasteiger partial charge < -0.3 is 19.7 Å². The van der Waals surface area contributed by atoms with Gasteiger partial charge in [-0.15, -0.1) is 0 Å². The van der Waals surface area contributed by atoms with E-state index >= 15 is 0 Å². The molecule has 5 heteroatoms. The van der Waals surface area contributed by atoms with Crippen molar-refractivity contribution in [2.45, 2.75) is 0 Å². The normalized spacial score (nSPS) is 13.4. The van der Waals surface area contributed by atoms with Gasteiger partial charge in [-0.3, -0.25) is 0 Å². The molecule has 2 rings (SSSR count). The van der Waals surface area contributed by atoms with Crippen molar-refractivity contribution in [3.05, 3.63) is 47.6 Å². The highest BCUT2D eigenvalue weighted by Crippen LogP contribution is 2.32. The van der Waals surface area contributed by atoms with Crippen LogP contribution in [0.3, 0.4) is 0 Å². The van der Waals surface area contributed by atoms with Crippen LogP contribution in [0.4, 0.5) is 0 Å². The zero-order valence-electron chi connectivity index (χ0n) is 9.51. The van der Waals surface area contributed by atoms with E-state index in [2.05, 4.69) is 5.73 Å². The molecule has 5 nitrogen and oxygen atoms in total. The molecule has 1 aliphatic rings. The lowest BCUT2D eigenvalue weighted by atomic mass is 10.0. The second-order valence-corrected chi connectivity index (χ2v) is 3.48. The highest BCUT2D eigenvalue weighted by Gasteiger charge is 2.18. The Hall–Kier alpha value is -2.65. The summed E-state index contributed by atoms with van der Waals surface area (Å²) in [6, 6.07) is 4.52. The summed E-state index contributed by atoms with van der Waals surface area (Å²) in [5.74, 6) is -1.13. The Morgan fingerprint density at radius 3 is 2.89 bits per heavy atom. The molecule has 0 bridgehead atoms. The van der Waals surface area contributed by atoms with Crippen LogP contribution in [0.2, 0.25) is 0 Å². The number of carbonyl (C=O) groups is 1. The van der Waals surface area contributed by atoms with Crippen LogP contribution in [-0.4, -0.2) is 23.3 Å². The first-order chi connectivity index (χ1) is 8.63. The zero-order valence-corrected chi connectivity index (χ0v) is 9.51. The van der Waals surface area contributed by atoms with E-state index in [1.807, 2.05) is 0 Å². The van der Waals surface area contributed by atoms with Crippen molar-refractivity contribution in [2.75, 3.05) is 7.11 Å². The van der Waals surface area contributed by atoms with E-state index in [4.69, 9.17) is 14.6 Å². The minimum Gasteiger partial charge on any atom is -0.504 e. The molecule has 0 atom stereocenters. The molecular formula is C13H10O5. The summed E-state index contributed by atoms with van der Waals surface area (Å²) in [5.41, 5.74) is 3.60. The lowest BCUT2D eigenvalue weighted by Crippen LogP contribution is -2.06. The Morgan fingerprint density at radius 1 is 1.44 bits per heavy atom. The summed E-state index contributed by atoms with van der Waals surface area (Å²) >= 11 is 0. The van der Waals surface area contributed by atoms with Gasteiger partial charge in [-0.25, -0.2) is 4.79 Å². The largest absolute Gasteiger partial charge is 0.504 e. The van der Waals surface area contributed by atoms with Gasteiger partial charge in [-0.1, -0.05) is 11.8 Å². The van der Waals surface area contributed by atoms with Gasteiger partial charge in [0.25, 0.3) is 0 Å². The number of hydrogen-bond acceptors (Lipinski definition) is 4. The summed E-state index contributed by atoms with van der Waals surface area (Å²) in [4.78, 5) is 11.0. The fourth-order valence-corrected chi connectivity index (χ4v) is 1.56. The number of benzene rings is 1. The molecule has 92 valence electrons. The van der Waals surface area contributed by atoms with Crippen molar-refractivity contribution < 1.29 is 24.5 Å². The van der Waals surface area contributed by atoms with Crippen LogP contribution in [0, 0.1) is 0 Å². The van der Waals surface area contributed by atoms with Crippen LogP contribution in [0.5, 0.6) is 11.5 Å². The quantitative estimate of drug-likeness (QED) is 0.796. The summed E-state index contributed by atoms with van der Waals surface area (Å²) in [6.07, 6.45) is 2.67. The van der Waals surface area contributed by atoms with Crippen LogP contribution in [-0.2, 0) is 9.53 Å². The van der Waals surface area contributed by atoms with Gasteiger partial charge in [0, 0.05) is 5.57 Å². The molecule has 0 aromatic heterocycles. The molecule has 1 aromatic carbocycles. The number of carboxylic acid groups (broad SMARTS) is 1. The van der Waals surface area contributed by atoms with Gasteiger partial charge in [0.15, 0.2) is 11.5 Å². The van der Waals surface area contributed by atoms with Crippen LogP contribution in [0.25, 0.3) is 5.57 Å². The monoisotopic (exact) mass is 246 g/mol. The molecule has 2 N–H and O–H groups in total. The van der Waals surface area contributed by atoms with Gasteiger partial charge >= 0.3 is 5.97 Å². The van der Waals surface area contributed by atoms with Crippen molar-refractivity contribution >= 4 is 11.5 Å². The standard InChI is InChI=1S/C13H10O5/c1-17-11-7-8(4-5-10(11)14)9-3-2-6-18-12(9)13(15)16/h3-7,14H,1H3,(H,15,16). The number of allylic oxidation sites excluding steroid dienone is 2. The second-order valence-electron chi connectivity index (χ2n) is 3.48. The molecular weight excluding hydrogens is 236 g/mol. The van der Waals surface area contributed by atoms with Crippen LogP contribution >= 0.6 is 0 Å². The fourth-order valence-electron chi connectivity index (χ4n) is 1.56. The maximum Gasteiger partial charge on any atom is 0.372 e. The lowest BCUT2D eigenvalue weighted by Gasteiger charge is -2.11. The highest BCUT2D eigenvalue weighted by atomic mass is 16.5. The average molecular weight is 246 g/mol. The molecule has 0 aliphatic carbocycles. The van der Waals surface area contributed by atoms with Gasteiger partial charge in [0.1, 0.15) is 6.26 Å². The fraction of sp³-hybridized carbons (Fsp3) is 0.0769. The highest BCUT2D eigenvalue weighted by molar-refractivity contribution is 5.97. The number of ether oxygens (including phenoxy) is 2. The Bertz CT molecular complexity index is 591.